The van der Waals surface area contributed by atoms with Gasteiger partial charge in [0.25, 0.3) is 11.5 Å². The predicted molar refractivity (Wildman–Crippen MR) is 130 cm³/mol. The monoisotopic (exact) mass is 478 g/mol. The van der Waals surface area contributed by atoms with Crippen molar-refractivity contribution < 1.29 is 15.0 Å². The third kappa shape index (κ3) is 3.77. The van der Waals surface area contributed by atoms with Crippen LogP contribution in [0, 0.1) is 13.8 Å². The van der Waals surface area contributed by atoms with E-state index < -0.39 is 0 Å². The molecule has 3 heterocycles. The Bertz CT molecular complexity index is 1520. The minimum absolute atomic E-state index is 0.228. The second-order valence-electron chi connectivity index (χ2n) is 7.61. The number of phenols is 2. The maximum atomic E-state index is 13.3. The number of carbonyl (C=O) groups excluding carboxylic acids is 1. The lowest BCUT2D eigenvalue weighted by Gasteiger charge is -2.16. The summed E-state index contributed by atoms with van der Waals surface area (Å²) in [5, 5.41) is 27.5. The molecule has 8 nitrogen and oxygen atoms in total. The molecule has 0 radical (unpaired) electrons. The smallest absolute Gasteiger partial charge is 0.283 e. The van der Waals surface area contributed by atoms with Crippen molar-refractivity contribution in [1.82, 2.24) is 9.66 Å². The molecule has 10 heteroatoms. The van der Waals surface area contributed by atoms with Crippen molar-refractivity contribution in [3.63, 3.8) is 0 Å². The summed E-state index contributed by atoms with van der Waals surface area (Å²) >= 11 is 2.52. The maximum absolute atomic E-state index is 13.3. The van der Waals surface area contributed by atoms with Crippen LogP contribution in [-0.2, 0) is 0 Å². The average molecular weight is 479 g/mol. The summed E-state index contributed by atoms with van der Waals surface area (Å²) in [6.45, 7) is 3.70. The van der Waals surface area contributed by atoms with Gasteiger partial charge in [0.05, 0.1) is 16.0 Å². The Morgan fingerprint density at radius 2 is 1.85 bits per heavy atom. The van der Waals surface area contributed by atoms with E-state index in [4.69, 9.17) is 0 Å². The van der Waals surface area contributed by atoms with E-state index in [2.05, 4.69) is 15.4 Å². The van der Waals surface area contributed by atoms with E-state index in [9.17, 15) is 19.8 Å². The van der Waals surface area contributed by atoms with Crippen LogP contribution in [0.3, 0.4) is 0 Å². The van der Waals surface area contributed by atoms with E-state index in [1.807, 2.05) is 31.2 Å². The molecule has 166 valence electrons. The molecule has 1 aliphatic rings. The number of aromatic hydroxyl groups is 2. The molecule has 0 aliphatic carbocycles. The SMILES string of the molecule is Cc1ccc(NC(=O)c2sc3nc4n(c(=O)c3c2C)N=C(c2ccc(O)c(O)c2)CS4)cc1. The number of phenolic OH excluding ortho intramolecular Hbond substituents is 2. The molecule has 1 aliphatic heterocycles. The molecule has 3 N–H and O–H groups in total. The number of thioether (sulfide) groups is 1. The van der Waals surface area contributed by atoms with E-state index in [0.29, 0.717) is 48.5 Å². The highest BCUT2D eigenvalue weighted by molar-refractivity contribution is 7.99. The maximum Gasteiger partial charge on any atom is 0.283 e. The second-order valence-corrected chi connectivity index (χ2v) is 9.55. The van der Waals surface area contributed by atoms with Gasteiger partial charge in [-0.15, -0.1) is 11.3 Å². The van der Waals surface area contributed by atoms with Gasteiger partial charge in [-0.1, -0.05) is 29.5 Å². The van der Waals surface area contributed by atoms with E-state index in [-0.39, 0.29) is 23.0 Å². The van der Waals surface area contributed by atoms with Crippen LogP contribution in [0.4, 0.5) is 5.69 Å². The Balaban J connectivity index is 1.55. The minimum atomic E-state index is -0.356. The van der Waals surface area contributed by atoms with Gasteiger partial charge in [0.2, 0.25) is 0 Å². The van der Waals surface area contributed by atoms with Crippen molar-refractivity contribution in [3.8, 4) is 11.5 Å². The Morgan fingerprint density at radius 1 is 1.09 bits per heavy atom. The van der Waals surface area contributed by atoms with Gasteiger partial charge in [0, 0.05) is 17.0 Å². The van der Waals surface area contributed by atoms with Crippen molar-refractivity contribution in [2.24, 2.45) is 5.10 Å². The van der Waals surface area contributed by atoms with Gasteiger partial charge in [0.1, 0.15) is 4.83 Å². The van der Waals surface area contributed by atoms with Crippen LogP contribution < -0.4 is 10.9 Å². The summed E-state index contributed by atoms with van der Waals surface area (Å²) in [5.41, 5.74) is 3.13. The lowest BCUT2D eigenvalue weighted by atomic mass is 10.1. The van der Waals surface area contributed by atoms with Crippen LogP contribution >= 0.6 is 23.1 Å². The van der Waals surface area contributed by atoms with Crippen LogP contribution in [0.5, 0.6) is 11.5 Å². The molecule has 0 spiro atoms. The molecule has 0 bridgehead atoms. The van der Waals surface area contributed by atoms with Crippen LogP contribution in [0.15, 0.2) is 57.5 Å². The van der Waals surface area contributed by atoms with E-state index in [1.165, 1.54) is 39.9 Å². The number of anilines is 1. The minimum Gasteiger partial charge on any atom is -0.504 e. The Labute approximate surface area is 196 Å². The van der Waals surface area contributed by atoms with Gasteiger partial charge in [-0.25, -0.2) is 4.98 Å². The molecule has 0 unspecified atom stereocenters. The summed E-state index contributed by atoms with van der Waals surface area (Å²) in [6, 6.07) is 11.9. The van der Waals surface area contributed by atoms with Crippen LogP contribution in [0.1, 0.15) is 26.4 Å². The number of hydrogen-bond acceptors (Lipinski definition) is 8. The van der Waals surface area contributed by atoms with Gasteiger partial charge in [-0.3, -0.25) is 9.59 Å². The Hall–Kier alpha value is -3.63. The summed E-state index contributed by atoms with van der Waals surface area (Å²) < 4.78 is 1.23. The number of aromatic nitrogens is 2. The number of aryl methyl sites for hydroxylation is 2. The first-order valence-electron chi connectivity index (χ1n) is 9.99. The summed E-state index contributed by atoms with van der Waals surface area (Å²) in [7, 11) is 0. The molecule has 0 atom stereocenters. The fourth-order valence-electron chi connectivity index (χ4n) is 3.51. The lowest BCUT2D eigenvalue weighted by molar-refractivity contribution is 0.103. The van der Waals surface area contributed by atoms with Gasteiger partial charge in [-0.05, 0) is 49.7 Å². The zero-order chi connectivity index (χ0) is 23.3. The zero-order valence-electron chi connectivity index (χ0n) is 17.6. The predicted octanol–water partition coefficient (Wildman–Crippen LogP) is 4.10. The Kier molecular flexibility index (Phi) is 5.18. The highest BCUT2D eigenvalue weighted by Crippen LogP contribution is 2.32. The third-order valence-corrected chi connectivity index (χ3v) is 7.42. The number of benzene rings is 2. The summed E-state index contributed by atoms with van der Waals surface area (Å²) in [4.78, 5) is 31.7. The highest BCUT2D eigenvalue weighted by Gasteiger charge is 2.24. The second kappa shape index (κ2) is 8.05. The third-order valence-electron chi connectivity index (χ3n) is 5.30. The zero-order valence-corrected chi connectivity index (χ0v) is 19.3. The molecule has 2 aromatic heterocycles. The van der Waals surface area contributed by atoms with Crippen molar-refractivity contribution >= 4 is 50.6 Å². The molecule has 33 heavy (non-hydrogen) atoms. The number of rotatable bonds is 3. The molecule has 4 aromatic rings. The Morgan fingerprint density at radius 3 is 2.58 bits per heavy atom. The molecular formula is C23H18N4O4S2. The molecule has 5 rings (SSSR count). The van der Waals surface area contributed by atoms with Crippen LogP contribution in [0.2, 0.25) is 0 Å². The first-order chi connectivity index (χ1) is 15.8. The fourth-order valence-corrected chi connectivity index (χ4v) is 5.52. The molecule has 0 saturated heterocycles. The molecule has 1 amide bonds. The summed E-state index contributed by atoms with van der Waals surface area (Å²) in [6.07, 6.45) is 0. The number of fused-ring (bicyclic) bond motifs is 2. The highest BCUT2D eigenvalue weighted by atomic mass is 32.2. The number of thiophene rings is 1. The molecule has 2 aromatic carbocycles. The van der Waals surface area contributed by atoms with Crippen LogP contribution in [-0.4, -0.2) is 37.2 Å². The topological polar surface area (TPSA) is 117 Å². The lowest BCUT2D eigenvalue weighted by Crippen LogP contribution is -2.25. The number of carbonyl (C=O) groups is 1. The standard InChI is InChI=1S/C23H18N4O4S2/c1-11-3-6-14(7-4-11)24-20(30)19-12(2)18-21(33-19)25-23-27(22(18)31)26-15(10-32-23)13-5-8-16(28)17(29)9-13/h3-9,28-29H,10H2,1-2H3,(H,24,30). The first-order valence-corrected chi connectivity index (χ1v) is 11.8. The van der Waals surface area contributed by atoms with E-state index in [1.54, 1.807) is 13.0 Å². The van der Waals surface area contributed by atoms with Gasteiger partial charge in [-0.2, -0.15) is 9.78 Å². The fraction of sp³-hybridized carbons (Fsp3) is 0.130. The van der Waals surface area contributed by atoms with Gasteiger partial charge in [0.15, 0.2) is 16.7 Å². The van der Waals surface area contributed by atoms with Gasteiger partial charge >= 0.3 is 0 Å². The first kappa shape index (κ1) is 21.2. The quantitative estimate of drug-likeness (QED) is 0.302. The van der Waals surface area contributed by atoms with E-state index >= 15 is 0 Å². The number of nitrogens with one attached hydrogen (secondary N) is 1. The number of amides is 1. The van der Waals surface area contributed by atoms with Crippen molar-refractivity contribution in [1.29, 1.82) is 0 Å². The number of hydrogen-bond donors (Lipinski definition) is 3. The van der Waals surface area contributed by atoms with E-state index in [0.717, 1.165) is 5.56 Å². The molecule has 0 fully saturated rings. The van der Waals surface area contributed by atoms with Crippen molar-refractivity contribution in [2.75, 3.05) is 11.1 Å². The van der Waals surface area contributed by atoms with Gasteiger partial charge < -0.3 is 15.5 Å². The number of nitrogens with zero attached hydrogens (tertiary/aromatic N) is 3. The largest absolute Gasteiger partial charge is 0.504 e. The summed E-state index contributed by atoms with van der Waals surface area (Å²) in [5.74, 6) is -0.343. The normalized spacial score (nSPS) is 13.0. The molecule has 0 saturated carbocycles. The molecular weight excluding hydrogens is 460 g/mol. The average Bonchev–Trinajstić information content (AvgIpc) is 3.13. The van der Waals surface area contributed by atoms with Crippen LogP contribution in [0.25, 0.3) is 10.2 Å². The van der Waals surface area contributed by atoms with Crippen molar-refractivity contribution in [3.05, 3.63) is 74.4 Å². The van der Waals surface area contributed by atoms with Crippen molar-refractivity contribution in [2.45, 2.75) is 19.0 Å².